The predicted molar refractivity (Wildman–Crippen MR) is 64.1 cm³/mol. The number of carboxylic acid groups (broad SMARTS) is 1. The standard InChI is InChI=1S/C13H17NO4/c1-7-9(12(16)17)4-8(18-7)6-14-11(15)10-5-13(10,2)3/h4,10H,5-6H2,1-3H3,(H,14,15)(H,16,17)/t10-/m1/s1. The summed E-state index contributed by atoms with van der Waals surface area (Å²) in [4.78, 5) is 22.6. The van der Waals surface area contributed by atoms with Gasteiger partial charge in [0.15, 0.2) is 0 Å². The molecule has 1 aromatic rings. The number of hydrogen-bond donors (Lipinski definition) is 2. The zero-order valence-electron chi connectivity index (χ0n) is 10.7. The van der Waals surface area contributed by atoms with E-state index in [2.05, 4.69) is 19.2 Å². The van der Waals surface area contributed by atoms with Gasteiger partial charge in [-0.2, -0.15) is 0 Å². The molecule has 1 amide bonds. The molecule has 2 N–H and O–H groups in total. The number of nitrogens with one attached hydrogen (secondary N) is 1. The van der Waals surface area contributed by atoms with Crippen molar-refractivity contribution in [2.75, 3.05) is 0 Å². The highest BCUT2D eigenvalue weighted by molar-refractivity contribution is 5.88. The van der Waals surface area contributed by atoms with Crippen LogP contribution in [0.15, 0.2) is 10.5 Å². The van der Waals surface area contributed by atoms with Crippen LogP contribution in [0.3, 0.4) is 0 Å². The molecule has 0 aromatic carbocycles. The van der Waals surface area contributed by atoms with Gasteiger partial charge in [-0.3, -0.25) is 4.79 Å². The van der Waals surface area contributed by atoms with Gasteiger partial charge in [-0.1, -0.05) is 13.8 Å². The highest BCUT2D eigenvalue weighted by Crippen LogP contribution is 2.51. The Morgan fingerprint density at radius 3 is 2.61 bits per heavy atom. The van der Waals surface area contributed by atoms with E-state index in [0.717, 1.165) is 6.42 Å². The zero-order valence-corrected chi connectivity index (χ0v) is 10.7. The summed E-state index contributed by atoms with van der Waals surface area (Å²) in [5.74, 6) is -0.120. The first kappa shape index (κ1) is 12.7. The van der Waals surface area contributed by atoms with Crippen LogP contribution in [0.5, 0.6) is 0 Å². The van der Waals surface area contributed by atoms with E-state index < -0.39 is 5.97 Å². The average molecular weight is 251 g/mol. The van der Waals surface area contributed by atoms with Crippen LogP contribution in [-0.4, -0.2) is 17.0 Å². The minimum absolute atomic E-state index is 0.00549. The molecule has 1 heterocycles. The van der Waals surface area contributed by atoms with E-state index in [-0.39, 0.29) is 29.3 Å². The third kappa shape index (κ3) is 2.39. The maximum atomic E-state index is 11.8. The Labute approximate surface area is 105 Å². The normalized spacial score (nSPS) is 20.5. The second-order valence-electron chi connectivity index (χ2n) is 5.45. The van der Waals surface area contributed by atoms with Gasteiger partial charge in [0.1, 0.15) is 17.1 Å². The maximum absolute atomic E-state index is 11.8. The molecule has 0 saturated heterocycles. The zero-order chi connectivity index (χ0) is 13.5. The van der Waals surface area contributed by atoms with Gasteiger partial charge >= 0.3 is 5.97 Å². The molecule has 0 radical (unpaired) electrons. The number of amides is 1. The van der Waals surface area contributed by atoms with Gasteiger partial charge in [0.2, 0.25) is 5.91 Å². The fourth-order valence-corrected chi connectivity index (χ4v) is 2.06. The molecule has 1 aliphatic carbocycles. The number of carbonyl (C=O) groups excluding carboxylic acids is 1. The first-order valence-corrected chi connectivity index (χ1v) is 5.91. The lowest BCUT2D eigenvalue weighted by molar-refractivity contribution is -0.123. The van der Waals surface area contributed by atoms with E-state index in [9.17, 15) is 9.59 Å². The number of aryl methyl sites for hydroxylation is 1. The highest BCUT2D eigenvalue weighted by Gasteiger charge is 2.50. The number of hydrogen-bond acceptors (Lipinski definition) is 3. The smallest absolute Gasteiger partial charge is 0.339 e. The van der Waals surface area contributed by atoms with Crippen LogP contribution in [0.2, 0.25) is 0 Å². The van der Waals surface area contributed by atoms with Crippen molar-refractivity contribution in [3.05, 3.63) is 23.2 Å². The van der Waals surface area contributed by atoms with Gasteiger partial charge in [0.05, 0.1) is 6.54 Å². The van der Waals surface area contributed by atoms with Crippen molar-refractivity contribution in [1.29, 1.82) is 0 Å². The van der Waals surface area contributed by atoms with Gasteiger partial charge in [0, 0.05) is 5.92 Å². The Morgan fingerprint density at radius 1 is 1.56 bits per heavy atom. The molecular weight excluding hydrogens is 234 g/mol. The molecule has 5 heteroatoms. The van der Waals surface area contributed by atoms with Crippen molar-refractivity contribution in [3.8, 4) is 0 Å². The van der Waals surface area contributed by atoms with Crippen LogP contribution < -0.4 is 5.32 Å². The van der Waals surface area contributed by atoms with E-state index in [1.54, 1.807) is 6.92 Å². The van der Waals surface area contributed by atoms with Crippen molar-refractivity contribution in [3.63, 3.8) is 0 Å². The van der Waals surface area contributed by atoms with E-state index in [0.29, 0.717) is 11.5 Å². The van der Waals surface area contributed by atoms with E-state index in [1.807, 2.05) is 0 Å². The second kappa shape index (κ2) is 4.15. The van der Waals surface area contributed by atoms with Crippen LogP contribution in [0, 0.1) is 18.3 Å². The average Bonchev–Trinajstić information content (AvgIpc) is 2.73. The molecule has 0 aliphatic heterocycles. The Hall–Kier alpha value is -1.78. The van der Waals surface area contributed by atoms with Crippen molar-refractivity contribution in [2.45, 2.75) is 33.7 Å². The van der Waals surface area contributed by atoms with E-state index in [1.165, 1.54) is 6.07 Å². The number of furan rings is 1. The largest absolute Gasteiger partial charge is 0.478 e. The molecule has 1 atom stereocenters. The van der Waals surface area contributed by atoms with Crippen molar-refractivity contribution < 1.29 is 19.1 Å². The summed E-state index contributed by atoms with van der Waals surface area (Å²) in [6, 6.07) is 1.45. The van der Waals surface area contributed by atoms with Crippen LogP contribution in [-0.2, 0) is 11.3 Å². The molecule has 0 unspecified atom stereocenters. The summed E-state index contributed by atoms with van der Waals surface area (Å²) in [6.45, 7) is 5.94. The Balaban J connectivity index is 1.93. The van der Waals surface area contributed by atoms with Gasteiger partial charge in [-0.05, 0) is 24.8 Å². The molecule has 1 fully saturated rings. The minimum atomic E-state index is -1.02. The molecular formula is C13H17NO4. The fraction of sp³-hybridized carbons (Fsp3) is 0.538. The summed E-state index contributed by atoms with van der Waals surface area (Å²) in [5, 5.41) is 11.6. The Kier molecular flexibility index (Phi) is 2.92. The van der Waals surface area contributed by atoms with Gasteiger partial charge in [0.25, 0.3) is 0 Å². The fourth-order valence-electron chi connectivity index (χ4n) is 2.06. The predicted octanol–water partition coefficient (Wildman–Crippen LogP) is 1.95. The number of carboxylic acids is 1. The molecule has 0 spiro atoms. The van der Waals surface area contributed by atoms with Crippen LogP contribution >= 0.6 is 0 Å². The van der Waals surface area contributed by atoms with Gasteiger partial charge in [-0.15, -0.1) is 0 Å². The van der Waals surface area contributed by atoms with Crippen LogP contribution in [0.1, 0.15) is 42.1 Å². The SMILES string of the molecule is Cc1oc(CNC(=O)[C@H]2CC2(C)C)cc1C(=O)O. The maximum Gasteiger partial charge on any atom is 0.339 e. The molecule has 1 aliphatic rings. The lowest BCUT2D eigenvalue weighted by Crippen LogP contribution is -2.25. The number of aromatic carboxylic acids is 1. The van der Waals surface area contributed by atoms with Crippen LogP contribution in [0.4, 0.5) is 0 Å². The molecule has 5 nitrogen and oxygen atoms in total. The van der Waals surface area contributed by atoms with Gasteiger partial charge < -0.3 is 14.8 Å². The molecule has 98 valence electrons. The lowest BCUT2D eigenvalue weighted by atomic mass is 10.1. The monoisotopic (exact) mass is 251 g/mol. The topological polar surface area (TPSA) is 79.5 Å². The number of carbonyl (C=O) groups is 2. The summed E-state index contributed by atoms with van der Waals surface area (Å²) in [6.07, 6.45) is 0.899. The second-order valence-corrected chi connectivity index (χ2v) is 5.45. The summed E-state index contributed by atoms with van der Waals surface area (Å²) >= 11 is 0. The van der Waals surface area contributed by atoms with Crippen molar-refractivity contribution >= 4 is 11.9 Å². The summed E-state index contributed by atoms with van der Waals surface area (Å²) < 4.78 is 5.28. The Bertz CT molecular complexity index is 501. The molecule has 1 saturated carbocycles. The third-order valence-corrected chi connectivity index (χ3v) is 3.47. The molecule has 1 aromatic heterocycles. The Morgan fingerprint density at radius 2 is 2.17 bits per heavy atom. The highest BCUT2D eigenvalue weighted by atomic mass is 16.4. The lowest BCUT2D eigenvalue weighted by Gasteiger charge is -2.04. The van der Waals surface area contributed by atoms with Crippen molar-refractivity contribution in [2.24, 2.45) is 11.3 Å². The van der Waals surface area contributed by atoms with Gasteiger partial charge in [-0.25, -0.2) is 4.79 Å². The first-order valence-electron chi connectivity index (χ1n) is 5.91. The first-order chi connectivity index (χ1) is 8.31. The number of rotatable bonds is 4. The van der Waals surface area contributed by atoms with Crippen LogP contribution in [0.25, 0.3) is 0 Å². The molecule has 2 rings (SSSR count). The van der Waals surface area contributed by atoms with Crippen molar-refractivity contribution in [1.82, 2.24) is 5.32 Å². The molecule has 0 bridgehead atoms. The summed E-state index contributed by atoms with van der Waals surface area (Å²) in [7, 11) is 0. The van der Waals surface area contributed by atoms with E-state index in [4.69, 9.17) is 9.52 Å². The minimum Gasteiger partial charge on any atom is -0.478 e. The quantitative estimate of drug-likeness (QED) is 0.857. The molecule has 18 heavy (non-hydrogen) atoms. The summed E-state index contributed by atoms with van der Waals surface area (Å²) in [5.41, 5.74) is 0.237. The van der Waals surface area contributed by atoms with E-state index >= 15 is 0 Å². The third-order valence-electron chi connectivity index (χ3n) is 3.47.